The maximum absolute atomic E-state index is 12.6. The third kappa shape index (κ3) is 5.31. The number of nitrogens with one attached hydrogen (secondary N) is 2. The zero-order valence-electron chi connectivity index (χ0n) is 14.7. The fourth-order valence-corrected chi connectivity index (χ4v) is 4.42. The summed E-state index contributed by atoms with van der Waals surface area (Å²) in [6, 6.07) is 12.1. The Labute approximate surface area is 164 Å². The number of thiocarbonyl (C=S) groups is 1. The molecule has 1 fully saturated rings. The smallest absolute Gasteiger partial charge is 0.243 e. The average Bonchev–Trinajstić information content (AvgIpc) is 2.70. The first-order valence-corrected chi connectivity index (χ1v) is 10.5. The van der Waals surface area contributed by atoms with E-state index in [1.165, 1.54) is 0 Å². The van der Waals surface area contributed by atoms with Gasteiger partial charge in [-0.05, 0) is 61.5 Å². The van der Waals surface area contributed by atoms with E-state index in [9.17, 15) is 8.42 Å². The van der Waals surface area contributed by atoms with Crippen LogP contribution in [-0.4, -0.2) is 42.1 Å². The third-order valence-electron chi connectivity index (χ3n) is 4.12. The minimum Gasteiger partial charge on any atom is -0.331 e. The highest BCUT2D eigenvalue weighted by atomic mass is 32.2. The fraction of sp³-hybridized carbons (Fsp3) is 0.278. The zero-order valence-corrected chi connectivity index (χ0v) is 16.3. The van der Waals surface area contributed by atoms with Gasteiger partial charge in [0.25, 0.3) is 0 Å². The van der Waals surface area contributed by atoms with Crippen LogP contribution in [0.3, 0.4) is 0 Å². The maximum Gasteiger partial charge on any atom is 0.243 e. The van der Waals surface area contributed by atoms with Crippen LogP contribution in [0.15, 0.2) is 58.7 Å². The van der Waals surface area contributed by atoms with Crippen LogP contribution in [0.2, 0.25) is 0 Å². The number of anilines is 1. The molecule has 0 unspecified atom stereocenters. The topological polar surface area (TPSA) is 86.7 Å². The summed E-state index contributed by atoms with van der Waals surface area (Å²) >= 11 is 5.18. The molecule has 1 aliphatic heterocycles. The monoisotopic (exact) mass is 403 g/mol. The van der Waals surface area contributed by atoms with E-state index in [1.807, 2.05) is 18.2 Å². The predicted octanol–water partition coefficient (Wildman–Crippen LogP) is 2.58. The molecule has 1 aliphatic rings. The second-order valence-corrected chi connectivity index (χ2v) is 8.41. The Morgan fingerprint density at radius 3 is 2.52 bits per heavy atom. The number of pyridine rings is 1. The lowest BCUT2D eigenvalue weighted by molar-refractivity contribution is 0.346. The first-order valence-electron chi connectivity index (χ1n) is 8.67. The van der Waals surface area contributed by atoms with Crippen LogP contribution >= 0.6 is 12.2 Å². The molecule has 2 heterocycles. The van der Waals surface area contributed by atoms with Gasteiger partial charge in [0.2, 0.25) is 10.0 Å². The van der Waals surface area contributed by atoms with Crippen molar-refractivity contribution in [2.75, 3.05) is 18.4 Å². The molecule has 3 rings (SSSR count). The molecule has 0 atom stereocenters. The van der Waals surface area contributed by atoms with Gasteiger partial charge < -0.3 is 5.32 Å². The van der Waals surface area contributed by atoms with Crippen LogP contribution in [0.4, 0.5) is 5.69 Å². The van der Waals surface area contributed by atoms with Gasteiger partial charge in [0.1, 0.15) is 0 Å². The van der Waals surface area contributed by atoms with Gasteiger partial charge in [-0.3, -0.25) is 10.4 Å². The van der Waals surface area contributed by atoms with E-state index in [1.54, 1.807) is 41.0 Å². The SMILES string of the molecule is O=S(=O)(c1ccc(NC(=S)N/N=C/c2ccccn2)cc1)N1CCCCC1. The van der Waals surface area contributed by atoms with Crippen LogP contribution < -0.4 is 10.7 Å². The Kier molecular flexibility index (Phi) is 6.49. The van der Waals surface area contributed by atoms with Gasteiger partial charge in [0, 0.05) is 25.0 Å². The molecule has 0 amide bonds. The van der Waals surface area contributed by atoms with E-state index in [-0.39, 0.29) is 0 Å². The lowest BCUT2D eigenvalue weighted by atomic mass is 10.2. The second-order valence-electron chi connectivity index (χ2n) is 6.07. The summed E-state index contributed by atoms with van der Waals surface area (Å²) in [5, 5.41) is 7.28. The van der Waals surface area contributed by atoms with Crippen molar-refractivity contribution in [3.05, 3.63) is 54.4 Å². The van der Waals surface area contributed by atoms with E-state index in [2.05, 4.69) is 20.8 Å². The van der Waals surface area contributed by atoms with Crippen LogP contribution in [-0.2, 0) is 10.0 Å². The summed E-state index contributed by atoms with van der Waals surface area (Å²) in [4.78, 5) is 4.41. The van der Waals surface area contributed by atoms with Crippen molar-refractivity contribution in [3.8, 4) is 0 Å². The number of benzene rings is 1. The highest BCUT2D eigenvalue weighted by molar-refractivity contribution is 7.89. The van der Waals surface area contributed by atoms with Crippen molar-refractivity contribution >= 4 is 39.3 Å². The predicted molar refractivity (Wildman–Crippen MR) is 110 cm³/mol. The number of hydrogen-bond acceptors (Lipinski definition) is 5. The number of hydrogen-bond donors (Lipinski definition) is 2. The summed E-state index contributed by atoms with van der Waals surface area (Å²) in [6.07, 6.45) is 6.15. The van der Waals surface area contributed by atoms with Crippen LogP contribution in [0.25, 0.3) is 0 Å². The van der Waals surface area contributed by atoms with Gasteiger partial charge in [-0.15, -0.1) is 0 Å². The molecule has 1 saturated heterocycles. The molecule has 0 bridgehead atoms. The Bertz CT molecular complexity index is 893. The molecule has 0 aliphatic carbocycles. The van der Waals surface area contributed by atoms with E-state index < -0.39 is 10.0 Å². The number of hydrazone groups is 1. The highest BCUT2D eigenvalue weighted by Crippen LogP contribution is 2.21. The fourth-order valence-electron chi connectivity index (χ4n) is 2.73. The third-order valence-corrected chi connectivity index (χ3v) is 6.22. The molecule has 27 heavy (non-hydrogen) atoms. The zero-order chi connectivity index (χ0) is 19.1. The summed E-state index contributed by atoms with van der Waals surface area (Å²) in [5.74, 6) is 0. The van der Waals surface area contributed by atoms with Crippen molar-refractivity contribution in [1.82, 2.24) is 14.7 Å². The summed E-state index contributed by atoms with van der Waals surface area (Å²) < 4.78 is 26.8. The van der Waals surface area contributed by atoms with Gasteiger partial charge >= 0.3 is 0 Å². The summed E-state index contributed by atoms with van der Waals surface area (Å²) in [7, 11) is -3.43. The maximum atomic E-state index is 12.6. The lowest BCUT2D eigenvalue weighted by Crippen LogP contribution is -2.35. The van der Waals surface area contributed by atoms with E-state index in [0.29, 0.717) is 34.5 Å². The van der Waals surface area contributed by atoms with E-state index in [0.717, 1.165) is 19.3 Å². The summed E-state index contributed by atoms with van der Waals surface area (Å²) in [6.45, 7) is 1.18. The quantitative estimate of drug-likeness (QED) is 0.453. The molecular formula is C18H21N5O2S2. The van der Waals surface area contributed by atoms with E-state index in [4.69, 9.17) is 12.2 Å². The van der Waals surface area contributed by atoms with Gasteiger partial charge in [-0.1, -0.05) is 12.5 Å². The molecule has 0 radical (unpaired) electrons. The molecular weight excluding hydrogens is 382 g/mol. The van der Waals surface area contributed by atoms with Crippen molar-refractivity contribution in [2.45, 2.75) is 24.2 Å². The van der Waals surface area contributed by atoms with Crippen LogP contribution in [0, 0.1) is 0 Å². The lowest BCUT2D eigenvalue weighted by Gasteiger charge is -2.25. The van der Waals surface area contributed by atoms with Crippen LogP contribution in [0.1, 0.15) is 25.0 Å². The minimum absolute atomic E-state index is 0.294. The Morgan fingerprint density at radius 1 is 1.11 bits per heavy atom. The average molecular weight is 404 g/mol. The first kappa shape index (κ1) is 19.4. The molecule has 7 nitrogen and oxygen atoms in total. The van der Waals surface area contributed by atoms with Gasteiger partial charge in [-0.25, -0.2) is 8.42 Å². The van der Waals surface area contributed by atoms with E-state index >= 15 is 0 Å². The molecule has 9 heteroatoms. The Balaban J connectivity index is 1.57. The Morgan fingerprint density at radius 2 is 1.85 bits per heavy atom. The molecule has 0 spiro atoms. The number of nitrogens with zero attached hydrogens (tertiary/aromatic N) is 3. The first-order chi connectivity index (χ1) is 13.1. The molecule has 0 saturated carbocycles. The van der Waals surface area contributed by atoms with Crippen LogP contribution in [0.5, 0.6) is 0 Å². The molecule has 2 aromatic rings. The molecule has 1 aromatic carbocycles. The largest absolute Gasteiger partial charge is 0.331 e. The Hall–Kier alpha value is -2.36. The molecule has 1 aromatic heterocycles. The van der Waals surface area contributed by atoms with Crippen molar-refractivity contribution in [2.24, 2.45) is 5.10 Å². The molecule has 142 valence electrons. The number of rotatable bonds is 5. The van der Waals surface area contributed by atoms with Crippen molar-refractivity contribution in [3.63, 3.8) is 0 Å². The van der Waals surface area contributed by atoms with Gasteiger partial charge in [0.05, 0.1) is 16.8 Å². The number of piperidine rings is 1. The minimum atomic E-state index is -3.43. The van der Waals surface area contributed by atoms with Crippen molar-refractivity contribution in [1.29, 1.82) is 0 Å². The standard InChI is InChI=1S/C18H21N5O2S2/c24-27(25,23-12-4-1-5-13-23)17-9-7-15(8-10-17)21-18(26)22-20-14-16-6-2-3-11-19-16/h2-3,6-11,14H,1,4-5,12-13H2,(H2,21,22,26)/b20-14+. The second kappa shape index (κ2) is 9.03. The van der Waals surface area contributed by atoms with Crippen molar-refractivity contribution < 1.29 is 8.42 Å². The van der Waals surface area contributed by atoms with Gasteiger partial charge in [0.15, 0.2) is 5.11 Å². The summed E-state index contributed by atoms with van der Waals surface area (Å²) in [5.41, 5.74) is 4.09. The van der Waals surface area contributed by atoms with Gasteiger partial charge in [-0.2, -0.15) is 9.41 Å². The normalized spacial score (nSPS) is 15.6. The highest BCUT2D eigenvalue weighted by Gasteiger charge is 2.25. The number of sulfonamides is 1. The number of aromatic nitrogens is 1. The molecule has 2 N–H and O–H groups in total.